The van der Waals surface area contributed by atoms with Gasteiger partial charge in [-0.25, -0.2) is 0 Å². The topological polar surface area (TPSA) is 58.9 Å². The Hall–Kier alpha value is -1.09. The molecule has 1 rings (SSSR count). The standard InChI is InChI=1S/C10H16N2O/c1-2-3-4-9(11)8-5-6-12-10(13)7-8/h5-7,9H,2-4,11H2,1H3,(H,12,13). The SMILES string of the molecule is CCCCC(N)c1cc[nH]c(=O)c1. The normalized spacial score (nSPS) is 12.8. The highest BCUT2D eigenvalue weighted by atomic mass is 16.1. The molecular weight excluding hydrogens is 164 g/mol. The molecule has 0 bridgehead atoms. The summed E-state index contributed by atoms with van der Waals surface area (Å²) in [4.78, 5) is 13.5. The minimum Gasteiger partial charge on any atom is -0.329 e. The van der Waals surface area contributed by atoms with Crippen LogP contribution < -0.4 is 11.3 Å². The zero-order valence-electron chi connectivity index (χ0n) is 7.92. The van der Waals surface area contributed by atoms with Gasteiger partial charge in [0.2, 0.25) is 5.56 Å². The van der Waals surface area contributed by atoms with Crippen LogP contribution in [0.5, 0.6) is 0 Å². The average Bonchev–Trinajstić information content (AvgIpc) is 2.14. The summed E-state index contributed by atoms with van der Waals surface area (Å²) in [5.74, 6) is 0. The molecule has 1 unspecified atom stereocenters. The molecule has 0 aliphatic heterocycles. The van der Waals surface area contributed by atoms with E-state index in [2.05, 4.69) is 11.9 Å². The Balaban J connectivity index is 2.65. The molecule has 0 fully saturated rings. The van der Waals surface area contributed by atoms with Gasteiger partial charge in [-0.1, -0.05) is 19.8 Å². The van der Waals surface area contributed by atoms with Crippen LogP contribution in [-0.2, 0) is 0 Å². The summed E-state index contributed by atoms with van der Waals surface area (Å²) in [6.45, 7) is 2.13. The lowest BCUT2D eigenvalue weighted by Gasteiger charge is -2.09. The third-order valence-corrected chi connectivity index (χ3v) is 2.10. The number of aromatic nitrogens is 1. The van der Waals surface area contributed by atoms with Crippen molar-refractivity contribution >= 4 is 0 Å². The van der Waals surface area contributed by atoms with E-state index in [-0.39, 0.29) is 11.6 Å². The van der Waals surface area contributed by atoms with Crippen molar-refractivity contribution in [2.45, 2.75) is 32.2 Å². The number of nitrogens with one attached hydrogen (secondary N) is 1. The van der Waals surface area contributed by atoms with Crippen molar-refractivity contribution in [3.63, 3.8) is 0 Å². The van der Waals surface area contributed by atoms with Crippen molar-refractivity contribution in [3.05, 3.63) is 34.2 Å². The van der Waals surface area contributed by atoms with E-state index >= 15 is 0 Å². The van der Waals surface area contributed by atoms with E-state index < -0.39 is 0 Å². The Kier molecular flexibility index (Phi) is 3.71. The second-order valence-electron chi connectivity index (χ2n) is 3.23. The second-order valence-corrected chi connectivity index (χ2v) is 3.23. The fourth-order valence-electron chi connectivity index (χ4n) is 1.28. The molecule has 3 nitrogen and oxygen atoms in total. The maximum absolute atomic E-state index is 11.0. The number of nitrogens with two attached hydrogens (primary N) is 1. The average molecular weight is 180 g/mol. The Bertz CT molecular complexity index is 306. The van der Waals surface area contributed by atoms with Crippen LogP contribution in [0.1, 0.15) is 37.8 Å². The van der Waals surface area contributed by atoms with Crippen LogP contribution >= 0.6 is 0 Å². The summed E-state index contributed by atoms with van der Waals surface area (Å²) in [6.07, 6.45) is 4.83. The molecule has 0 aromatic carbocycles. The molecule has 13 heavy (non-hydrogen) atoms. The Morgan fingerprint density at radius 1 is 1.62 bits per heavy atom. The molecule has 0 saturated heterocycles. The van der Waals surface area contributed by atoms with Gasteiger partial charge in [-0.3, -0.25) is 4.79 Å². The van der Waals surface area contributed by atoms with Crippen LogP contribution in [0.3, 0.4) is 0 Å². The van der Waals surface area contributed by atoms with Crippen molar-refractivity contribution in [1.29, 1.82) is 0 Å². The van der Waals surface area contributed by atoms with Crippen molar-refractivity contribution in [2.24, 2.45) is 5.73 Å². The van der Waals surface area contributed by atoms with Crippen molar-refractivity contribution in [3.8, 4) is 0 Å². The van der Waals surface area contributed by atoms with Crippen molar-refractivity contribution in [1.82, 2.24) is 4.98 Å². The maximum atomic E-state index is 11.0. The quantitative estimate of drug-likeness (QED) is 0.738. The van der Waals surface area contributed by atoms with Gasteiger partial charge in [0.1, 0.15) is 0 Å². The number of pyridine rings is 1. The van der Waals surface area contributed by atoms with Gasteiger partial charge in [-0.05, 0) is 18.1 Å². The molecule has 0 aliphatic carbocycles. The number of rotatable bonds is 4. The number of aromatic amines is 1. The maximum Gasteiger partial charge on any atom is 0.248 e. The first-order chi connectivity index (χ1) is 6.24. The van der Waals surface area contributed by atoms with Crippen molar-refractivity contribution < 1.29 is 0 Å². The Morgan fingerprint density at radius 2 is 2.38 bits per heavy atom. The fraction of sp³-hybridized carbons (Fsp3) is 0.500. The van der Waals surface area contributed by atoms with Gasteiger partial charge in [-0.15, -0.1) is 0 Å². The predicted octanol–water partition coefficient (Wildman–Crippen LogP) is 1.56. The predicted molar refractivity (Wildman–Crippen MR) is 53.5 cm³/mol. The first kappa shape index (κ1) is 9.99. The van der Waals surface area contributed by atoms with E-state index in [4.69, 9.17) is 5.73 Å². The third-order valence-electron chi connectivity index (χ3n) is 2.10. The molecule has 1 aromatic rings. The van der Waals surface area contributed by atoms with Crippen molar-refractivity contribution in [2.75, 3.05) is 0 Å². The molecule has 1 atom stereocenters. The van der Waals surface area contributed by atoms with E-state index in [1.54, 1.807) is 12.3 Å². The lowest BCUT2D eigenvalue weighted by atomic mass is 10.0. The van der Waals surface area contributed by atoms with Gasteiger partial charge in [0.15, 0.2) is 0 Å². The first-order valence-corrected chi connectivity index (χ1v) is 4.68. The van der Waals surface area contributed by atoms with Gasteiger partial charge in [0, 0.05) is 18.3 Å². The zero-order chi connectivity index (χ0) is 9.68. The third kappa shape index (κ3) is 3.03. The summed E-state index contributed by atoms with van der Waals surface area (Å²) >= 11 is 0. The van der Waals surface area contributed by atoms with Gasteiger partial charge in [-0.2, -0.15) is 0 Å². The minimum absolute atomic E-state index is 0.00208. The summed E-state index contributed by atoms with van der Waals surface area (Å²) in [5.41, 5.74) is 6.75. The molecule has 1 aromatic heterocycles. The van der Waals surface area contributed by atoms with E-state index in [0.29, 0.717) is 0 Å². The first-order valence-electron chi connectivity index (χ1n) is 4.68. The van der Waals surface area contributed by atoms with E-state index in [1.807, 2.05) is 6.07 Å². The highest BCUT2D eigenvalue weighted by molar-refractivity contribution is 5.14. The van der Waals surface area contributed by atoms with Gasteiger partial charge in [0.25, 0.3) is 0 Å². The summed E-state index contributed by atoms with van der Waals surface area (Å²) in [6, 6.07) is 3.43. The molecule has 1 heterocycles. The van der Waals surface area contributed by atoms with Crippen LogP contribution in [0.4, 0.5) is 0 Å². The van der Waals surface area contributed by atoms with E-state index in [9.17, 15) is 4.79 Å². The summed E-state index contributed by atoms with van der Waals surface area (Å²) in [7, 11) is 0. The molecule has 72 valence electrons. The highest BCUT2D eigenvalue weighted by Gasteiger charge is 2.04. The Morgan fingerprint density at radius 3 is 3.00 bits per heavy atom. The lowest BCUT2D eigenvalue weighted by Crippen LogP contribution is -2.14. The Labute approximate surface area is 78.0 Å². The number of unbranched alkanes of at least 4 members (excludes halogenated alkanes) is 1. The molecule has 3 N–H and O–H groups in total. The largest absolute Gasteiger partial charge is 0.329 e. The van der Waals surface area contributed by atoms with Gasteiger partial charge >= 0.3 is 0 Å². The van der Waals surface area contributed by atoms with Crippen LogP contribution in [0.25, 0.3) is 0 Å². The monoisotopic (exact) mass is 180 g/mol. The molecule has 0 radical (unpaired) electrons. The smallest absolute Gasteiger partial charge is 0.248 e. The highest BCUT2D eigenvalue weighted by Crippen LogP contribution is 2.13. The molecule has 0 amide bonds. The summed E-state index contributed by atoms with van der Waals surface area (Å²) in [5, 5.41) is 0. The number of H-pyrrole nitrogens is 1. The molecular formula is C10H16N2O. The summed E-state index contributed by atoms with van der Waals surface area (Å²) < 4.78 is 0. The number of hydrogen-bond acceptors (Lipinski definition) is 2. The second kappa shape index (κ2) is 4.82. The van der Waals surface area contributed by atoms with Crippen LogP contribution in [0.2, 0.25) is 0 Å². The lowest BCUT2D eigenvalue weighted by molar-refractivity contribution is 0.602. The zero-order valence-corrected chi connectivity index (χ0v) is 7.92. The van der Waals surface area contributed by atoms with Crippen LogP contribution in [0.15, 0.2) is 23.1 Å². The minimum atomic E-state index is -0.0792. The number of hydrogen-bond donors (Lipinski definition) is 2. The molecule has 0 saturated carbocycles. The van der Waals surface area contributed by atoms with Gasteiger partial charge in [0.05, 0.1) is 0 Å². The van der Waals surface area contributed by atoms with Crippen LogP contribution in [-0.4, -0.2) is 4.98 Å². The van der Waals surface area contributed by atoms with Crippen LogP contribution in [0, 0.1) is 0 Å². The van der Waals surface area contributed by atoms with E-state index in [1.165, 1.54) is 0 Å². The molecule has 3 heteroatoms. The van der Waals surface area contributed by atoms with Gasteiger partial charge < -0.3 is 10.7 Å². The fourth-order valence-corrected chi connectivity index (χ4v) is 1.28. The van der Waals surface area contributed by atoms with E-state index in [0.717, 1.165) is 24.8 Å². The molecule has 0 aliphatic rings. The molecule has 0 spiro atoms.